The number of rotatable bonds is 7. The average Bonchev–Trinajstić information content (AvgIpc) is 2.68. The lowest BCUT2D eigenvalue weighted by Gasteiger charge is -2.09. The van der Waals surface area contributed by atoms with Crippen molar-refractivity contribution in [1.29, 1.82) is 0 Å². The van der Waals surface area contributed by atoms with E-state index in [9.17, 15) is 4.79 Å². The summed E-state index contributed by atoms with van der Waals surface area (Å²) in [6, 6.07) is 17.4. The summed E-state index contributed by atoms with van der Waals surface area (Å²) in [6.07, 6.45) is 0.730. The molecule has 0 radical (unpaired) electrons. The molecule has 6 heteroatoms. The molecule has 0 aliphatic carbocycles. The van der Waals surface area contributed by atoms with E-state index in [1.165, 1.54) is 0 Å². The fourth-order valence-corrected chi connectivity index (χ4v) is 2.80. The molecule has 3 aromatic rings. The van der Waals surface area contributed by atoms with Gasteiger partial charge in [-0.05, 0) is 61.7 Å². The van der Waals surface area contributed by atoms with Crippen molar-refractivity contribution in [2.75, 3.05) is 19.0 Å². The van der Waals surface area contributed by atoms with Gasteiger partial charge < -0.3 is 15.4 Å². The summed E-state index contributed by atoms with van der Waals surface area (Å²) in [4.78, 5) is 21.2. The number of benzene rings is 2. The van der Waals surface area contributed by atoms with Gasteiger partial charge in [-0.3, -0.25) is 4.79 Å². The van der Waals surface area contributed by atoms with Gasteiger partial charge in [0, 0.05) is 17.9 Å². The lowest BCUT2D eigenvalue weighted by atomic mass is 10.1. The van der Waals surface area contributed by atoms with Crippen LogP contribution in [0.25, 0.3) is 0 Å². The fraction of sp³-hybridized carbons (Fsp3) is 0.227. The molecule has 0 aliphatic heterocycles. The highest BCUT2D eigenvalue weighted by atomic mass is 16.5. The molecule has 1 aromatic heterocycles. The molecule has 144 valence electrons. The van der Waals surface area contributed by atoms with Crippen LogP contribution in [0.15, 0.2) is 54.6 Å². The van der Waals surface area contributed by atoms with Gasteiger partial charge in [-0.1, -0.05) is 24.3 Å². The molecule has 0 fully saturated rings. The molecule has 0 atom stereocenters. The number of methoxy groups -OCH3 is 1. The molecule has 1 heterocycles. The van der Waals surface area contributed by atoms with Gasteiger partial charge in [-0.15, -0.1) is 0 Å². The van der Waals surface area contributed by atoms with Gasteiger partial charge >= 0.3 is 0 Å². The number of ether oxygens (including phenoxy) is 1. The molecular formula is C22H24N4O2. The van der Waals surface area contributed by atoms with E-state index >= 15 is 0 Å². The minimum atomic E-state index is -0.216. The molecule has 0 spiro atoms. The van der Waals surface area contributed by atoms with E-state index in [1.54, 1.807) is 13.2 Å². The number of amides is 1. The van der Waals surface area contributed by atoms with Gasteiger partial charge in [0.1, 0.15) is 11.4 Å². The first-order valence-electron chi connectivity index (χ1n) is 9.14. The summed E-state index contributed by atoms with van der Waals surface area (Å²) in [7, 11) is 1.64. The molecule has 28 heavy (non-hydrogen) atoms. The van der Waals surface area contributed by atoms with Gasteiger partial charge in [0.05, 0.1) is 7.11 Å². The maximum atomic E-state index is 12.5. The second kappa shape index (κ2) is 8.99. The number of carbonyl (C=O) groups excluding carboxylic acids is 1. The molecule has 0 bridgehead atoms. The van der Waals surface area contributed by atoms with Crippen LogP contribution in [0, 0.1) is 13.8 Å². The van der Waals surface area contributed by atoms with E-state index in [0.717, 1.165) is 34.7 Å². The second-order valence-corrected chi connectivity index (χ2v) is 6.57. The van der Waals surface area contributed by atoms with Crippen LogP contribution in [0.1, 0.15) is 27.3 Å². The third kappa shape index (κ3) is 5.30. The zero-order valence-corrected chi connectivity index (χ0v) is 16.3. The number of carbonyl (C=O) groups is 1. The Morgan fingerprint density at radius 2 is 1.82 bits per heavy atom. The highest BCUT2D eigenvalue weighted by Crippen LogP contribution is 2.15. The lowest BCUT2D eigenvalue weighted by molar-refractivity contribution is 0.0949. The molecule has 6 nitrogen and oxygen atoms in total. The van der Waals surface area contributed by atoms with E-state index in [-0.39, 0.29) is 5.91 Å². The van der Waals surface area contributed by atoms with E-state index in [1.807, 2.05) is 62.4 Å². The molecule has 0 aliphatic rings. The molecule has 2 N–H and O–H groups in total. The molecular weight excluding hydrogens is 352 g/mol. The van der Waals surface area contributed by atoms with Crippen molar-refractivity contribution in [3.63, 3.8) is 0 Å². The number of hydrogen-bond donors (Lipinski definition) is 2. The van der Waals surface area contributed by atoms with Gasteiger partial charge in [0.25, 0.3) is 5.91 Å². The third-order valence-electron chi connectivity index (χ3n) is 4.22. The SMILES string of the molecule is COc1ccc(CCNC(=O)c2cc(C)nc(Nc3cccc(C)c3)n2)cc1. The first-order valence-corrected chi connectivity index (χ1v) is 9.14. The van der Waals surface area contributed by atoms with Crippen LogP contribution in [-0.2, 0) is 6.42 Å². The Morgan fingerprint density at radius 3 is 2.54 bits per heavy atom. The minimum absolute atomic E-state index is 0.216. The number of aryl methyl sites for hydroxylation is 2. The second-order valence-electron chi connectivity index (χ2n) is 6.57. The highest BCUT2D eigenvalue weighted by molar-refractivity contribution is 5.92. The van der Waals surface area contributed by atoms with Gasteiger partial charge in [-0.2, -0.15) is 0 Å². The summed E-state index contributed by atoms with van der Waals surface area (Å²) in [5.41, 5.74) is 4.22. The largest absolute Gasteiger partial charge is 0.497 e. The van der Waals surface area contributed by atoms with Crippen LogP contribution in [0.5, 0.6) is 5.75 Å². The molecule has 3 rings (SSSR count). The maximum Gasteiger partial charge on any atom is 0.270 e. The normalized spacial score (nSPS) is 10.4. The van der Waals surface area contributed by atoms with Crippen molar-refractivity contribution in [1.82, 2.24) is 15.3 Å². The summed E-state index contributed by atoms with van der Waals surface area (Å²) in [5, 5.41) is 6.07. The van der Waals surface area contributed by atoms with Gasteiger partial charge in [-0.25, -0.2) is 9.97 Å². The maximum absolute atomic E-state index is 12.5. The summed E-state index contributed by atoms with van der Waals surface area (Å²) < 4.78 is 5.15. The van der Waals surface area contributed by atoms with Crippen molar-refractivity contribution < 1.29 is 9.53 Å². The number of nitrogens with one attached hydrogen (secondary N) is 2. The fourth-order valence-electron chi connectivity index (χ4n) is 2.80. The Hall–Kier alpha value is -3.41. The Morgan fingerprint density at radius 1 is 1.04 bits per heavy atom. The minimum Gasteiger partial charge on any atom is -0.497 e. The van der Waals surface area contributed by atoms with Crippen molar-refractivity contribution >= 4 is 17.5 Å². The first-order chi connectivity index (χ1) is 13.5. The predicted octanol–water partition coefficient (Wildman–Crippen LogP) is 3.82. The smallest absolute Gasteiger partial charge is 0.270 e. The van der Waals surface area contributed by atoms with E-state index in [4.69, 9.17) is 4.74 Å². The molecule has 0 saturated carbocycles. The first kappa shape index (κ1) is 19.4. The van der Waals surface area contributed by atoms with E-state index < -0.39 is 0 Å². The van der Waals surface area contributed by atoms with Crippen LogP contribution < -0.4 is 15.4 Å². The van der Waals surface area contributed by atoms with Crippen LogP contribution in [0.2, 0.25) is 0 Å². The van der Waals surface area contributed by atoms with Gasteiger partial charge in [0.2, 0.25) is 5.95 Å². The zero-order chi connectivity index (χ0) is 19.9. The van der Waals surface area contributed by atoms with Crippen LogP contribution >= 0.6 is 0 Å². The Balaban J connectivity index is 1.61. The van der Waals surface area contributed by atoms with Crippen molar-refractivity contribution in [3.8, 4) is 5.75 Å². The standard InChI is InChI=1S/C22H24N4O2/c1-15-5-4-6-18(13-15)25-22-24-16(2)14-20(26-22)21(27)23-12-11-17-7-9-19(28-3)10-8-17/h4-10,13-14H,11-12H2,1-3H3,(H,23,27)(H,24,25,26). The number of anilines is 2. The molecule has 0 saturated heterocycles. The predicted molar refractivity (Wildman–Crippen MR) is 110 cm³/mol. The van der Waals surface area contributed by atoms with Crippen LogP contribution in [-0.4, -0.2) is 29.5 Å². The zero-order valence-electron chi connectivity index (χ0n) is 16.3. The highest BCUT2D eigenvalue weighted by Gasteiger charge is 2.10. The molecule has 0 unspecified atom stereocenters. The summed E-state index contributed by atoms with van der Waals surface area (Å²) >= 11 is 0. The number of aromatic nitrogens is 2. The van der Waals surface area contributed by atoms with E-state index in [2.05, 4.69) is 20.6 Å². The Bertz CT molecular complexity index is 955. The summed E-state index contributed by atoms with van der Waals surface area (Å²) in [6.45, 7) is 4.38. The molecule has 2 aromatic carbocycles. The summed E-state index contributed by atoms with van der Waals surface area (Å²) in [5.74, 6) is 1.01. The number of hydrogen-bond acceptors (Lipinski definition) is 5. The van der Waals surface area contributed by atoms with Crippen LogP contribution in [0.3, 0.4) is 0 Å². The number of nitrogens with zero attached hydrogens (tertiary/aromatic N) is 2. The van der Waals surface area contributed by atoms with Crippen molar-refractivity contribution in [3.05, 3.63) is 77.1 Å². The Labute approximate surface area is 165 Å². The average molecular weight is 376 g/mol. The lowest BCUT2D eigenvalue weighted by Crippen LogP contribution is -2.27. The van der Waals surface area contributed by atoms with Crippen molar-refractivity contribution in [2.45, 2.75) is 20.3 Å². The van der Waals surface area contributed by atoms with Crippen LogP contribution in [0.4, 0.5) is 11.6 Å². The molecule has 1 amide bonds. The quantitative estimate of drug-likeness (QED) is 0.656. The Kier molecular flexibility index (Phi) is 6.22. The van der Waals surface area contributed by atoms with Crippen molar-refractivity contribution in [2.24, 2.45) is 0 Å². The van der Waals surface area contributed by atoms with Gasteiger partial charge in [0.15, 0.2) is 0 Å². The van der Waals surface area contributed by atoms with E-state index in [0.29, 0.717) is 18.2 Å². The third-order valence-corrected chi connectivity index (χ3v) is 4.22. The monoisotopic (exact) mass is 376 g/mol. The topological polar surface area (TPSA) is 76.1 Å².